The molecule has 0 unspecified atom stereocenters. The Labute approximate surface area is 107 Å². The molecule has 1 aromatic rings. The van der Waals surface area contributed by atoms with E-state index in [0.717, 1.165) is 31.9 Å². The van der Waals surface area contributed by atoms with E-state index in [1.165, 1.54) is 6.92 Å². The Hall–Kier alpha value is -1.06. The molecule has 0 atom stereocenters. The van der Waals surface area contributed by atoms with E-state index in [1.807, 2.05) is 18.2 Å². The number of ketones is 1. The van der Waals surface area contributed by atoms with Crippen LogP contribution in [-0.2, 0) is 0 Å². The second-order valence-electron chi connectivity index (χ2n) is 4.51. The number of likely N-dealkylation sites (N-methyl/N-ethyl adjacent to an activating group) is 1. The van der Waals surface area contributed by atoms with E-state index in [9.17, 15) is 4.79 Å². The second-order valence-corrected chi connectivity index (χ2v) is 4.92. The molecule has 0 radical (unpaired) electrons. The molecule has 0 N–H and O–H groups in total. The summed E-state index contributed by atoms with van der Waals surface area (Å²) in [6.45, 7) is 5.67. The smallest absolute Gasteiger partial charge is 0.161 e. The average molecular weight is 253 g/mol. The number of hydrogen-bond donors (Lipinski definition) is 0. The Bertz CT molecular complexity index is 425. The van der Waals surface area contributed by atoms with Crippen molar-refractivity contribution in [3.05, 3.63) is 28.8 Å². The van der Waals surface area contributed by atoms with Crippen molar-refractivity contribution >= 4 is 23.1 Å². The first-order valence-corrected chi connectivity index (χ1v) is 6.19. The van der Waals surface area contributed by atoms with Crippen LogP contribution in [0.2, 0.25) is 5.02 Å². The van der Waals surface area contributed by atoms with Crippen LogP contribution in [0.5, 0.6) is 0 Å². The SMILES string of the molecule is CC(=O)c1ccc(N2CCN(C)CC2)cc1Cl. The number of piperazine rings is 1. The molecule has 92 valence electrons. The van der Waals surface area contributed by atoms with Gasteiger partial charge in [0.1, 0.15) is 0 Å². The van der Waals surface area contributed by atoms with E-state index in [0.29, 0.717) is 10.6 Å². The van der Waals surface area contributed by atoms with Gasteiger partial charge in [-0.1, -0.05) is 11.6 Å². The first-order chi connectivity index (χ1) is 8.08. The van der Waals surface area contributed by atoms with Crippen molar-refractivity contribution in [3.8, 4) is 0 Å². The van der Waals surface area contributed by atoms with Gasteiger partial charge in [0.25, 0.3) is 0 Å². The second kappa shape index (κ2) is 5.07. The molecule has 0 amide bonds. The zero-order valence-corrected chi connectivity index (χ0v) is 11.0. The van der Waals surface area contributed by atoms with Crippen molar-refractivity contribution in [2.45, 2.75) is 6.92 Å². The van der Waals surface area contributed by atoms with Crippen LogP contribution >= 0.6 is 11.6 Å². The molecule has 1 saturated heterocycles. The van der Waals surface area contributed by atoms with Crippen molar-refractivity contribution < 1.29 is 4.79 Å². The normalized spacial score (nSPS) is 17.2. The number of hydrogen-bond acceptors (Lipinski definition) is 3. The van der Waals surface area contributed by atoms with Gasteiger partial charge in [-0.3, -0.25) is 4.79 Å². The highest BCUT2D eigenvalue weighted by atomic mass is 35.5. The van der Waals surface area contributed by atoms with Gasteiger partial charge in [-0.2, -0.15) is 0 Å². The fourth-order valence-corrected chi connectivity index (χ4v) is 2.36. The average Bonchev–Trinajstić information content (AvgIpc) is 2.29. The van der Waals surface area contributed by atoms with Crippen LogP contribution in [0.25, 0.3) is 0 Å². The summed E-state index contributed by atoms with van der Waals surface area (Å²) in [7, 11) is 2.13. The van der Waals surface area contributed by atoms with Crippen LogP contribution < -0.4 is 4.90 Å². The Morgan fingerprint density at radius 1 is 1.24 bits per heavy atom. The van der Waals surface area contributed by atoms with E-state index in [2.05, 4.69) is 16.8 Å². The molecule has 0 saturated carbocycles. The minimum Gasteiger partial charge on any atom is -0.369 e. The monoisotopic (exact) mass is 252 g/mol. The van der Waals surface area contributed by atoms with E-state index in [1.54, 1.807) is 0 Å². The number of carbonyl (C=O) groups excluding carboxylic acids is 1. The van der Waals surface area contributed by atoms with Crippen LogP contribution in [0.15, 0.2) is 18.2 Å². The van der Waals surface area contributed by atoms with E-state index in [-0.39, 0.29) is 5.78 Å². The summed E-state index contributed by atoms with van der Waals surface area (Å²) in [5, 5.41) is 0.550. The maximum Gasteiger partial charge on any atom is 0.161 e. The zero-order chi connectivity index (χ0) is 12.4. The van der Waals surface area contributed by atoms with E-state index >= 15 is 0 Å². The number of carbonyl (C=O) groups is 1. The minimum atomic E-state index is 0.0138. The summed E-state index contributed by atoms with van der Waals surface area (Å²) in [5.41, 5.74) is 1.71. The van der Waals surface area contributed by atoms with Crippen molar-refractivity contribution in [2.24, 2.45) is 0 Å². The predicted octanol–water partition coefficient (Wildman–Crippen LogP) is 2.29. The summed E-state index contributed by atoms with van der Waals surface area (Å²) in [4.78, 5) is 15.9. The third-order valence-electron chi connectivity index (χ3n) is 3.20. The number of nitrogens with zero attached hydrogens (tertiary/aromatic N) is 2. The molecule has 2 rings (SSSR count). The highest BCUT2D eigenvalue weighted by Crippen LogP contribution is 2.24. The lowest BCUT2D eigenvalue weighted by atomic mass is 10.1. The number of halogens is 1. The lowest BCUT2D eigenvalue weighted by molar-refractivity contribution is 0.101. The van der Waals surface area contributed by atoms with Crippen LogP contribution in [-0.4, -0.2) is 43.9 Å². The summed E-state index contributed by atoms with van der Waals surface area (Å²) in [6, 6.07) is 5.69. The van der Waals surface area contributed by atoms with E-state index in [4.69, 9.17) is 11.6 Å². The Morgan fingerprint density at radius 3 is 2.41 bits per heavy atom. The molecule has 0 spiro atoms. The van der Waals surface area contributed by atoms with Gasteiger partial charge >= 0.3 is 0 Å². The van der Waals surface area contributed by atoms with Gasteiger partial charge in [-0.25, -0.2) is 0 Å². The maximum atomic E-state index is 11.3. The third-order valence-corrected chi connectivity index (χ3v) is 3.51. The minimum absolute atomic E-state index is 0.0138. The lowest BCUT2D eigenvalue weighted by Gasteiger charge is -2.34. The predicted molar refractivity (Wildman–Crippen MR) is 71.2 cm³/mol. The van der Waals surface area contributed by atoms with Gasteiger partial charge in [0.15, 0.2) is 5.78 Å². The molecule has 0 aromatic heterocycles. The van der Waals surface area contributed by atoms with Gasteiger partial charge in [0.2, 0.25) is 0 Å². The molecule has 1 fully saturated rings. The fourth-order valence-electron chi connectivity index (χ4n) is 2.05. The summed E-state index contributed by atoms with van der Waals surface area (Å²) in [6.07, 6.45) is 0. The molecular formula is C13H17ClN2O. The van der Waals surface area contributed by atoms with Gasteiger partial charge in [0, 0.05) is 37.4 Å². The number of benzene rings is 1. The Morgan fingerprint density at radius 2 is 1.88 bits per heavy atom. The lowest BCUT2D eigenvalue weighted by Crippen LogP contribution is -2.44. The highest BCUT2D eigenvalue weighted by Gasteiger charge is 2.15. The molecule has 1 aliphatic rings. The van der Waals surface area contributed by atoms with Crippen molar-refractivity contribution in [1.82, 2.24) is 4.90 Å². The maximum absolute atomic E-state index is 11.3. The summed E-state index contributed by atoms with van der Waals surface area (Å²) < 4.78 is 0. The summed E-state index contributed by atoms with van der Waals surface area (Å²) in [5.74, 6) is 0.0138. The highest BCUT2D eigenvalue weighted by molar-refractivity contribution is 6.34. The van der Waals surface area contributed by atoms with E-state index < -0.39 is 0 Å². The molecular weight excluding hydrogens is 236 g/mol. The standard InChI is InChI=1S/C13H17ClN2O/c1-10(17)12-4-3-11(9-13(12)14)16-7-5-15(2)6-8-16/h3-4,9H,5-8H2,1-2H3. The van der Waals surface area contributed by atoms with Crippen LogP contribution in [0.4, 0.5) is 5.69 Å². The first-order valence-electron chi connectivity index (χ1n) is 5.82. The molecule has 0 bridgehead atoms. The van der Waals surface area contributed by atoms with Crippen molar-refractivity contribution in [1.29, 1.82) is 0 Å². The Balaban J connectivity index is 2.17. The largest absolute Gasteiger partial charge is 0.369 e. The molecule has 3 nitrogen and oxygen atoms in total. The van der Waals surface area contributed by atoms with Gasteiger partial charge in [-0.05, 0) is 32.2 Å². The molecule has 1 heterocycles. The van der Waals surface area contributed by atoms with Crippen LogP contribution in [0, 0.1) is 0 Å². The van der Waals surface area contributed by atoms with Gasteiger partial charge in [-0.15, -0.1) is 0 Å². The molecule has 17 heavy (non-hydrogen) atoms. The fraction of sp³-hybridized carbons (Fsp3) is 0.462. The van der Waals surface area contributed by atoms with Gasteiger partial charge in [0.05, 0.1) is 5.02 Å². The molecule has 1 aromatic carbocycles. The molecule has 0 aliphatic carbocycles. The third kappa shape index (κ3) is 2.79. The van der Waals surface area contributed by atoms with Gasteiger partial charge < -0.3 is 9.80 Å². The Kier molecular flexibility index (Phi) is 3.69. The number of anilines is 1. The van der Waals surface area contributed by atoms with Crippen LogP contribution in [0.1, 0.15) is 17.3 Å². The quantitative estimate of drug-likeness (QED) is 0.755. The first kappa shape index (κ1) is 12.4. The summed E-state index contributed by atoms with van der Waals surface area (Å²) >= 11 is 6.11. The number of rotatable bonds is 2. The zero-order valence-electron chi connectivity index (χ0n) is 10.2. The topological polar surface area (TPSA) is 23.6 Å². The molecule has 1 aliphatic heterocycles. The van der Waals surface area contributed by atoms with Crippen molar-refractivity contribution in [3.63, 3.8) is 0 Å². The van der Waals surface area contributed by atoms with Crippen molar-refractivity contribution in [2.75, 3.05) is 38.1 Å². The number of Topliss-reactive ketones (excluding diaryl/α,β-unsaturated/α-hetero) is 1. The van der Waals surface area contributed by atoms with Crippen LogP contribution in [0.3, 0.4) is 0 Å². The molecule has 4 heteroatoms.